The van der Waals surface area contributed by atoms with E-state index in [0.717, 1.165) is 51.6 Å². The SMILES string of the molecule is CCCN1CCC(N(C)C(=O)C2CCCC(N)C2)CC1. The van der Waals surface area contributed by atoms with Gasteiger partial charge < -0.3 is 15.5 Å². The Labute approximate surface area is 123 Å². The predicted molar refractivity (Wildman–Crippen MR) is 82.5 cm³/mol. The van der Waals surface area contributed by atoms with Crippen molar-refractivity contribution < 1.29 is 4.79 Å². The van der Waals surface area contributed by atoms with Gasteiger partial charge in [-0.25, -0.2) is 0 Å². The van der Waals surface area contributed by atoms with Crippen molar-refractivity contribution in [3.8, 4) is 0 Å². The number of amides is 1. The Morgan fingerprint density at radius 2 is 1.95 bits per heavy atom. The van der Waals surface area contributed by atoms with Gasteiger partial charge in [-0.1, -0.05) is 13.3 Å². The zero-order chi connectivity index (χ0) is 14.5. The van der Waals surface area contributed by atoms with Crippen molar-refractivity contribution in [3.05, 3.63) is 0 Å². The molecule has 2 fully saturated rings. The van der Waals surface area contributed by atoms with E-state index < -0.39 is 0 Å². The second-order valence-electron chi connectivity index (χ2n) is 6.65. The van der Waals surface area contributed by atoms with Crippen molar-refractivity contribution in [3.63, 3.8) is 0 Å². The van der Waals surface area contributed by atoms with Gasteiger partial charge in [0, 0.05) is 38.1 Å². The first kappa shape index (κ1) is 15.8. The molecule has 0 aromatic heterocycles. The monoisotopic (exact) mass is 281 g/mol. The van der Waals surface area contributed by atoms with Crippen LogP contribution in [0.5, 0.6) is 0 Å². The van der Waals surface area contributed by atoms with Gasteiger partial charge in [-0.2, -0.15) is 0 Å². The zero-order valence-corrected chi connectivity index (χ0v) is 13.2. The van der Waals surface area contributed by atoms with Crippen molar-refractivity contribution in [1.82, 2.24) is 9.80 Å². The highest BCUT2D eigenvalue weighted by atomic mass is 16.2. The fourth-order valence-corrected chi connectivity index (χ4v) is 3.77. The summed E-state index contributed by atoms with van der Waals surface area (Å²) in [5, 5.41) is 0. The predicted octanol–water partition coefficient (Wildman–Crippen LogP) is 1.84. The molecule has 1 heterocycles. The number of carbonyl (C=O) groups is 1. The van der Waals surface area contributed by atoms with E-state index in [9.17, 15) is 4.79 Å². The Balaban J connectivity index is 1.82. The van der Waals surface area contributed by atoms with Crippen LogP contribution in [0.3, 0.4) is 0 Å². The second kappa shape index (κ2) is 7.41. The molecular weight excluding hydrogens is 250 g/mol. The topological polar surface area (TPSA) is 49.6 Å². The van der Waals surface area contributed by atoms with Crippen LogP contribution in [0.25, 0.3) is 0 Å². The van der Waals surface area contributed by atoms with E-state index in [0.29, 0.717) is 11.9 Å². The lowest BCUT2D eigenvalue weighted by Crippen LogP contribution is -2.48. The Bertz CT molecular complexity index is 313. The molecule has 0 aromatic rings. The van der Waals surface area contributed by atoms with Crippen LogP contribution in [0.1, 0.15) is 51.9 Å². The molecule has 4 heteroatoms. The van der Waals surface area contributed by atoms with Gasteiger partial charge in [0.2, 0.25) is 5.91 Å². The number of likely N-dealkylation sites (tertiary alicyclic amines) is 1. The van der Waals surface area contributed by atoms with Gasteiger partial charge in [0.05, 0.1) is 0 Å². The summed E-state index contributed by atoms with van der Waals surface area (Å²) in [4.78, 5) is 17.2. The summed E-state index contributed by atoms with van der Waals surface area (Å²) in [6.45, 7) is 5.70. The van der Waals surface area contributed by atoms with Gasteiger partial charge in [-0.3, -0.25) is 4.79 Å². The smallest absolute Gasteiger partial charge is 0.225 e. The minimum atomic E-state index is 0.178. The van der Waals surface area contributed by atoms with E-state index in [4.69, 9.17) is 5.73 Å². The molecule has 0 radical (unpaired) electrons. The molecule has 116 valence electrons. The third-order valence-corrected chi connectivity index (χ3v) is 5.06. The van der Waals surface area contributed by atoms with E-state index in [2.05, 4.69) is 11.8 Å². The van der Waals surface area contributed by atoms with E-state index in [1.807, 2.05) is 11.9 Å². The molecule has 2 atom stereocenters. The van der Waals surface area contributed by atoms with Crippen molar-refractivity contribution in [2.75, 3.05) is 26.7 Å². The zero-order valence-electron chi connectivity index (χ0n) is 13.2. The molecule has 2 aliphatic rings. The minimum Gasteiger partial charge on any atom is -0.342 e. The molecule has 0 aromatic carbocycles. The molecule has 2 unspecified atom stereocenters. The molecule has 2 rings (SSSR count). The Hall–Kier alpha value is -0.610. The first-order chi connectivity index (χ1) is 9.61. The van der Waals surface area contributed by atoms with Crippen molar-refractivity contribution >= 4 is 5.91 Å². The molecule has 4 nitrogen and oxygen atoms in total. The average molecular weight is 281 g/mol. The molecule has 1 amide bonds. The molecule has 0 spiro atoms. The third kappa shape index (κ3) is 3.95. The lowest BCUT2D eigenvalue weighted by molar-refractivity contribution is -0.138. The van der Waals surface area contributed by atoms with E-state index in [1.165, 1.54) is 13.0 Å². The summed E-state index contributed by atoms with van der Waals surface area (Å²) in [5.74, 6) is 0.520. The molecule has 1 aliphatic heterocycles. The largest absolute Gasteiger partial charge is 0.342 e. The van der Waals surface area contributed by atoms with Crippen LogP contribution < -0.4 is 5.73 Å². The Morgan fingerprint density at radius 1 is 1.25 bits per heavy atom. The molecule has 20 heavy (non-hydrogen) atoms. The highest BCUT2D eigenvalue weighted by Gasteiger charge is 2.31. The van der Waals surface area contributed by atoms with Gasteiger partial charge in [-0.05, 0) is 45.1 Å². The standard InChI is InChI=1S/C16H31N3O/c1-3-9-19-10-7-15(8-11-19)18(2)16(20)13-5-4-6-14(17)12-13/h13-15H,3-12,17H2,1-2H3. The fraction of sp³-hybridized carbons (Fsp3) is 0.938. The van der Waals surface area contributed by atoms with Gasteiger partial charge in [0.1, 0.15) is 0 Å². The summed E-state index contributed by atoms with van der Waals surface area (Å²) >= 11 is 0. The lowest BCUT2D eigenvalue weighted by atomic mass is 9.85. The molecule has 1 saturated heterocycles. The quantitative estimate of drug-likeness (QED) is 0.855. The van der Waals surface area contributed by atoms with Crippen molar-refractivity contribution in [2.45, 2.75) is 64.0 Å². The summed E-state index contributed by atoms with van der Waals surface area (Å²) < 4.78 is 0. The molecule has 0 bridgehead atoms. The maximum Gasteiger partial charge on any atom is 0.225 e. The normalized spacial score (nSPS) is 29.4. The van der Waals surface area contributed by atoms with Gasteiger partial charge in [0.15, 0.2) is 0 Å². The van der Waals surface area contributed by atoms with Crippen LogP contribution in [-0.4, -0.2) is 54.5 Å². The Morgan fingerprint density at radius 3 is 2.55 bits per heavy atom. The first-order valence-corrected chi connectivity index (χ1v) is 8.36. The van der Waals surface area contributed by atoms with E-state index in [1.54, 1.807) is 0 Å². The highest BCUT2D eigenvalue weighted by Crippen LogP contribution is 2.26. The van der Waals surface area contributed by atoms with E-state index >= 15 is 0 Å². The average Bonchev–Trinajstić information content (AvgIpc) is 2.47. The molecule has 1 aliphatic carbocycles. The maximum atomic E-state index is 12.6. The number of nitrogens with two attached hydrogens (primary N) is 1. The van der Waals surface area contributed by atoms with E-state index in [-0.39, 0.29) is 12.0 Å². The summed E-state index contributed by atoms with van der Waals surface area (Å²) in [6.07, 6.45) is 7.59. The number of hydrogen-bond acceptors (Lipinski definition) is 3. The van der Waals surface area contributed by atoms with Crippen molar-refractivity contribution in [1.29, 1.82) is 0 Å². The van der Waals surface area contributed by atoms with Crippen LogP contribution in [0.2, 0.25) is 0 Å². The summed E-state index contributed by atoms with van der Waals surface area (Å²) in [6, 6.07) is 0.672. The number of nitrogens with zero attached hydrogens (tertiary/aromatic N) is 2. The molecular formula is C16H31N3O. The Kier molecular flexibility index (Phi) is 5.85. The van der Waals surface area contributed by atoms with Crippen LogP contribution in [0.15, 0.2) is 0 Å². The van der Waals surface area contributed by atoms with Gasteiger partial charge in [0.25, 0.3) is 0 Å². The fourth-order valence-electron chi connectivity index (χ4n) is 3.77. The first-order valence-electron chi connectivity index (χ1n) is 8.36. The maximum absolute atomic E-state index is 12.6. The van der Waals surface area contributed by atoms with Gasteiger partial charge in [-0.15, -0.1) is 0 Å². The lowest BCUT2D eigenvalue weighted by Gasteiger charge is -2.39. The van der Waals surface area contributed by atoms with Crippen LogP contribution in [0, 0.1) is 5.92 Å². The second-order valence-corrected chi connectivity index (χ2v) is 6.65. The molecule has 2 N–H and O–H groups in total. The minimum absolute atomic E-state index is 0.178. The number of piperidine rings is 1. The summed E-state index contributed by atoms with van der Waals surface area (Å²) in [7, 11) is 2.00. The third-order valence-electron chi connectivity index (χ3n) is 5.06. The number of carbonyl (C=O) groups excluding carboxylic acids is 1. The van der Waals surface area contributed by atoms with Crippen LogP contribution in [0.4, 0.5) is 0 Å². The van der Waals surface area contributed by atoms with Crippen molar-refractivity contribution in [2.24, 2.45) is 11.7 Å². The van der Waals surface area contributed by atoms with Crippen LogP contribution in [-0.2, 0) is 4.79 Å². The van der Waals surface area contributed by atoms with Gasteiger partial charge >= 0.3 is 0 Å². The number of hydrogen-bond donors (Lipinski definition) is 1. The van der Waals surface area contributed by atoms with Crippen LogP contribution >= 0.6 is 0 Å². The summed E-state index contributed by atoms with van der Waals surface area (Å²) in [5.41, 5.74) is 6.02. The highest BCUT2D eigenvalue weighted by molar-refractivity contribution is 5.79. The molecule has 1 saturated carbocycles. The number of rotatable bonds is 4.